The quantitative estimate of drug-likeness (QED) is 0.0217. The number of ether oxygens (including phenoxy) is 6. The number of nitrogens with two attached hydrogens (primary N) is 1. The van der Waals surface area contributed by atoms with Gasteiger partial charge in [-0.25, -0.2) is 4.79 Å². The maximum Gasteiger partial charge on any atom is 0.360 e. The van der Waals surface area contributed by atoms with Crippen molar-refractivity contribution >= 4 is 97.5 Å². The number of carboxylic acids is 1. The number of aliphatic hydroxyl groups excluding tert-OH is 6. The van der Waals surface area contributed by atoms with Gasteiger partial charge in [0.25, 0.3) is 0 Å². The van der Waals surface area contributed by atoms with E-state index in [1.54, 1.807) is 19.2 Å². The van der Waals surface area contributed by atoms with Crippen LogP contribution in [0.25, 0.3) is 11.1 Å². The number of hydrogen-bond acceptors (Lipinski definition) is 29. The first kappa shape index (κ1) is 102. The normalized spacial score (nSPS) is 25.7. The highest BCUT2D eigenvalue weighted by molar-refractivity contribution is 7.70. The molecule has 7 aliphatic heterocycles. The van der Waals surface area contributed by atoms with Crippen LogP contribution in [0, 0.1) is 5.92 Å². The monoisotopic (exact) mass is 1900 g/mol. The lowest BCUT2D eigenvalue weighted by Crippen LogP contribution is -2.67. The van der Waals surface area contributed by atoms with Crippen molar-refractivity contribution in [1.29, 1.82) is 0 Å². The van der Waals surface area contributed by atoms with E-state index < -0.39 is 305 Å². The number of benzene rings is 5. The molecule has 47 heteroatoms. The first-order chi connectivity index (χ1) is 61.3. The van der Waals surface area contributed by atoms with Crippen LogP contribution in [0.1, 0.15) is 176 Å². The van der Waals surface area contributed by atoms with Crippen LogP contribution in [-0.4, -0.2) is 252 Å². The number of carbonyl (C=O) groups is 10. The van der Waals surface area contributed by atoms with Crippen LogP contribution in [0.15, 0.2) is 78.9 Å². The number of nitrogens with one attached hydrogen (secondary N) is 9. The molecule has 5 aromatic rings. The first-order valence-electron chi connectivity index (χ1n) is 41.8. The molecular weight excluding hydrogens is 1800 g/mol. The van der Waals surface area contributed by atoms with Gasteiger partial charge in [0.05, 0.1) is 40.8 Å². The summed E-state index contributed by atoms with van der Waals surface area (Å²) in [7, 11) is -10.0. The Morgan fingerprint density at radius 1 is 0.677 bits per heavy atom. The number of carboxylic acid groups (broad SMARTS) is 1. The first-order valence-corrected chi connectivity index (χ1v) is 46.0. The van der Waals surface area contributed by atoms with E-state index >= 15 is 24.0 Å². The number of unbranched alkanes of at least 4 members (excludes halogenated alkanes) is 7. The minimum absolute atomic E-state index is 0.0184. The van der Waals surface area contributed by atoms with Gasteiger partial charge in [0.1, 0.15) is 95.6 Å². The molecule has 7 heterocycles. The molecular formula is C83H109Cl2N11O32P2. The summed E-state index contributed by atoms with van der Waals surface area (Å²) >= 11 is 14.3. The minimum Gasteiger partial charge on any atom is -0.508 e. The van der Waals surface area contributed by atoms with Crippen molar-refractivity contribution in [3.63, 3.8) is 0 Å². The van der Waals surface area contributed by atoms with E-state index in [2.05, 4.69) is 49.5 Å². The van der Waals surface area contributed by atoms with Gasteiger partial charge in [-0.1, -0.05) is 107 Å². The molecule has 43 nitrogen and oxygen atoms in total. The number of primary amides is 1. The van der Waals surface area contributed by atoms with Crippen molar-refractivity contribution in [1.82, 2.24) is 52.8 Å². The summed E-state index contributed by atoms with van der Waals surface area (Å²) in [6, 6.07) is -1.88. The summed E-state index contributed by atoms with van der Waals surface area (Å²) in [6.45, 7) is 7.54. The number of aliphatic carboxylic acids is 1. The Morgan fingerprint density at radius 3 is 1.85 bits per heavy atom. The molecule has 0 saturated carbocycles. The molecule has 9 amide bonds. The molecule has 11 bridgehead atoms. The Balaban J connectivity index is 1.16. The molecule has 0 spiro atoms. The van der Waals surface area contributed by atoms with Crippen LogP contribution in [0.3, 0.4) is 0 Å². The Labute approximate surface area is 754 Å². The van der Waals surface area contributed by atoms with Crippen molar-refractivity contribution in [3.05, 3.63) is 117 Å². The van der Waals surface area contributed by atoms with Gasteiger partial charge in [0.15, 0.2) is 29.9 Å². The van der Waals surface area contributed by atoms with E-state index in [4.69, 9.17) is 57.4 Å². The predicted octanol–water partition coefficient (Wildman–Crippen LogP) is 2.24. The summed E-state index contributed by atoms with van der Waals surface area (Å²) < 4.78 is 63.9. The summed E-state index contributed by atoms with van der Waals surface area (Å²) in [5.41, 5.74) is -2.37. The number of aliphatic hydroxyl groups is 6. The highest BCUT2D eigenvalue weighted by atomic mass is 35.5. The lowest BCUT2D eigenvalue weighted by atomic mass is 9.82. The molecule has 130 heavy (non-hydrogen) atoms. The molecule has 0 aromatic heterocycles. The standard InChI is InChI=1S/C83H109Cl2N11O32P2/c1-7-8-9-10-11-12-13-14-23-88-24-25-96(59(103)22-21-58(102)90-82(129(117,118)119)130(120,121)122)83(5)35-60(123-38(4)73(83)108)127-72-70(107)69(106)56(36-97)126-81(72)128-71-54-30-42-31-55(71)125-53-20-17-41(29-47(53)85)68(105)66-79(114)93-64(80(115)116)45-32-43(98)33-51(100)61(45)44-27-39(15-18-50(44)99)62(76(111)95-66)92-77(112)63(42)91-75(110)49(34-57(86)101)89-78(113)65(94-74(109)48(87-6)26-37(2)3)67(104)40-16-19-52(124-54)46(84)28-40/h15-20,27-33,37-38,48-49,56,60,62-70,72-73,81-82,87-88,97-100,104-108H,7-14,21-26,34-36H2,1-6H3,(H2,86,101)(H,89,113)(H,90,102)(H,91,110)(H,92,112)(H,93,114)(H,94,109)(H,95,111)(H,115,116)(H2,117,118,119)(H2,120,121,122)/t38-,48+,49-,56+,60-,62+,63+,64-,65+,66-,67+,68+,69+,70-,72+,73+,81-,83-/m0/s1. The Hall–Kier alpha value is -9.96. The average Bonchev–Trinajstić information content (AvgIpc) is 0.785. The Kier molecular flexibility index (Phi) is 34.6. The fourth-order valence-corrected chi connectivity index (χ4v) is 18.7. The molecule has 0 aliphatic carbocycles. The third kappa shape index (κ3) is 24.7. The second kappa shape index (κ2) is 44.1. The van der Waals surface area contributed by atoms with E-state index in [0.29, 0.717) is 13.0 Å². The maximum atomic E-state index is 16.3. The summed E-state index contributed by atoms with van der Waals surface area (Å²) in [6.07, 6.45) is -15.5. The van der Waals surface area contributed by atoms with Crippen LogP contribution in [0.4, 0.5) is 0 Å². The zero-order valence-electron chi connectivity index (χ0n) is 71.3. The molecule has 25 N–H and O–H groups in total. The molecule has 0 unspecified atom stereocenters. The molecule has 5 aromatic carbocycles. The van der Waals surface area contributed by atoms with Gasteiger partial charge in [-0.15, -0.1) is 0 Å². The van der Waals surface area contributed by atoms with Crippen LogP contribution in [-0.2, 0) is 71.3 Å². The van der Waals surface area contributed by atoms with Gasteiger partial charge in [-0.3, -0.25) is 52.3 Å². The molecule has 7 aliphatic rings. The van der Waals surface area contributed by atoms with Crippen LogP contribution in [0.2, 0.25) is 10.0 Å². The van der Waals surface area contributed by atoms with Crippen molar-refractivity contribution in [2.24, 2.45) is 11.7 Å². The number of phenols is 3. The van der Waals surface area contributed by atoms with Crippen LogP contribution >= 0.6 is 38.4 Å². The van der Waals surface area contributed by atoms with Gasteiger partial charge in [-0.2, -0.15) is 0 Å². The number of hydrogen-bond donors (Lipinski definition) is 24. The number of aromatic hydroxyl groups is 3. The largest absolute Gasteiger partial charge is 0.508 e. The number of rotatable bonds is 32. The van der Waals surface area contributed by atoms with Crippen molar-refractivity contribution in [3.8, 4) is 57.1 Å². The van der Waals surface area contributed by atoms with Crippen molar-refractivity contribution in [2.75, 3.05) is 33.3 Å². The Bertz CT molecular complexity index is 5090. The number of amides is 9. The predicted molar refractivity (Wildman–Crippen MR) is 458 cm³/mol. The van der Waals surface area contributed by atoms with Gasteiger partial charge >= 0.3 is 21.2 Å². The van der Waals surface area contributed by atoms with E-state index in [0.717, 1.165) is 129 Å². The van der Waals surface area contributed by atoms with E-state index in [1.807, 2.05) is 0 Å². The van der Waals surface area contributed by atoms with Gasteiger partial charge in [0.2, 0.25) is 70.7 Å². The number of halogens is 2. The summed E-state index contributed by atoms with van der Waals surface area (Å²) in [5.74, 6) is -19.5. The fourth-order valence-electron chi connectivity index (χ4n) is 16.0. The lowest BCUT2D eigenvalue weighted by molar-refractivity contribution is -0.337. The Morgan fingerprint density at radius 2 is 1.27 bits per heavy atom. The smallest absolute Gasteiger partial charge is 0.360 e. The molecule has 2 fully saturated rings. The number of fused-ring (bicyclic) bond motifs is 15. The number of nitrogens with zero attached hydrogens (tertiary/aromatic N) is 1. The highest BCUT2D eigenvalue weighted by Gasteiger charge is 2.55. The van der Waals surface area contributed by atoms with Crippen molar-refractivity contribution < 1.29 is 156 Å². The van der Waals surface area contributed by atoms with Gasteiger partial charge in [0, 0.05) is 55.1 Å². The molecule has 12 rings (SSSR count). The van der Waals surface area contributed by atoms with Crippen LogP contribution < -0.4 is 67.8 Å². The minimum atomic E-state index is -5.73. The maximum absolute atomic E-state index is 16.3. The third-order valence-corrected chi connectivity index (χ3v) is 26.8. The molecule has 18 atom stereocenters. The number of phenolic OH excluding ortho intramolecular Hbond substituents is 3. The second-order valence-electron chi connectivity index (χ2n) is 33.0. The van der Waals surface area contributed by atoms with Crippen LogP contribution in [0.5, 0.6) is 46.0 Å². The number of likely N-dealkylation sites (N-methyl/N-ethyl adjacent to an activating group) is 1. The van der Waals surface area contributed by atoms with Gasteiger partial charge < -0.3 is 158 Å². The van der Waals surface area contributed by atoms with E-state index in [-0.39, 0.29) is 36.6 Å². The van der Waals surface area contributed by atoms with E-state index in [1.165, 1.54) is 20.9 Å². The lowest BCUT2D eigenvalue weighted by Gasteiger charge is -2.52. The molecule has 712 valence electrons. The molecule has 2 saturated heterocycles. The van der Waals surface area contributed by atoms with E-state index in [9.17, 15) is 104 Å². The fraction of sp³-hybridized carbons (Fsp3) is 0.518. The average molecular weight is 1910 g/mol. The topological polar surface area (TPSA) is 681 Å². The zero-order valence-corrected chi connectivity index (χ0v) is 74.6. The summed E-state index contributed by atoms with van der Waals surface area (Å²) in [4.78, 5) is 187. The molecule has 0 radical (unpaired) electrons. The SMILES string of the molecule is CCCCCCCCCCNCCN(C(=O)CCC(=O)NC(P(=O)(O)O)P(=O)(O)O)[C@@]1(C)C[C@H](O[C@H]2[C@H](Oc3c4cc5cc3Oc3ccc(cc3Cl)[C@@H](O)[C@@H](NC(=O)[C@@H](CC(C)C)NC)C(=O)N[C@@H](CC(N)=O)C(=O)N[C@H]5C(=O)N[C@H]3C(=O)N[C@H](C(=O)N[C@H](C(=O)O)c5cc(O)cc(O)c5-c5cc3ccc5O)[C@H](O)c3ccc(c(Cl)c3)O4)O[C@H](CO)[C@@H](O)[C@@H]2O)O[C@@H](C)[C@H]1O. The number of carbonyl (C=O) groups excluding carboxylic acids is 9. The second-order valence-corrected chi connectivity index (χ2v) is 37.6. The third-order valence-electron chi connectivity index (χ3n) is 22.8. The zero-order chi connectivity index (χ0) is 95.5. The van der Waals surface area contributed by atoms with Gasteiger partial charge in [-0.05, 0) is 123 Å². The summed E-state index contributed by atoms with van der Waals surface area (Å²) in [5, 5.41) is 139. The van der Waals surface area contributed by atoms with Crippen molar-refractivity contribution in [2.45, 2.75) is 233 Å². The highest BCUT2D eigenvalue weighted by Crippen LogP contribution is 2.58.